The number of hydrogen-bond acceptors (Lipinski definition) is 5. The van der Waals surface area contributed by atoms with E-state index in [-0.39, 0.29) is 11.1 Å². The van der Waals surface area contributed by atoms with Gasteiger partial charge in [-0.15, -0.1) is 0 Å². The summed E-state index contributed by atoms with van der Waals surface area (Å²) in [6.07, 6.45) is 2.38. The summed E-state index contributed by atoms with van der Waals surface area (Å²) in [5.41, 5.74) is 0. The van der Waals surface area contributed by atoms with Crippen LogP contribution >= 0.6 is 0 Å². The molecule has 1 aromatic heterocycles. The largest absolute Gasteiger partial charge is 0.447 e. The molecule has 1 aromatic rings. The predicted octanol–water partition coefficient (Wildman–Crippen LogP) is 0.760. The highest BCUT2D eigenvalue weighted by Gasteiger charge is 2.22. The molecule has 0 aliphatic heterocycles. The Kier molecular flexibility index (Phi) is 4.85. The Morgan fingerprint density at radius 2 is 2.10 bits per heavy atom. The monoisotopic (exact) mass is 301 g/mol. The molecule has 1 fully saturated rings. The van der Waals surface area contributed by atoms with Gasteiger partial charge in [0.1, 0.15) is 5.76 Å². The first kappa shape index (κ1) is 15.5. The van der Waals surface area contributed by atoms with Gasteiger partial charge in [-0.1, -0.05) is 0 Å². The maximum Gasteiger partial charge on any atom is 0.274 e. The number of nitrogens with one attached hydrogen (secondary N) is 2. The smallest absolute Gasteiger partial charge is 0.274 e. The number of hydrogen-bond donors (Lipinski definition) is 2. The lowest BCUT2D eigenvalue weighted by atomic mass is 10.3. The van der Waals surface area contributed by atoms with Crippen molar-refractivity contribution in [1.29, 1.82) is 0 Å². The molecule has 20 heavy (non-hydrogen) atoms. The lowest BCUT2D eigenvalue weighted by Gasteiger charge is -2.19. The molecule has 1 aliphatic carbocycles. The topological polar surface area (TPSA) is 74.6 Å². The van der Waals surface area contributed by atoms with E-state index in [9.17, 15) is 8.42 Å². The summed E-state index contributed by atoms with van der Waals surface area (Å²) in [4.78, 5) is 1.95. The number of nitrogens with zero attached hydrogens (tertiary/aromatic N) is 1. The molecule has 1 saturated carbocycles. The SMILES string of the molecule is CC(CNS(=O)(=O)c1ccc(CNC2CC2)o1)N(C)C. The first-order valence-electron chi connectivity index (χ1n) is 6.86. The molecule has 0 amide bonds. The molecule has 6 nitrogen and oxygen atoms in total. The van der Waals surface area contributed by atoms with Crippen LogP contribution in [0.3, 0.4) is 0 Å². The van der Waals surface area contributed by atoms with Crippen LogP contribution in [0, 0.1) is 0 Å². The summed E-state index contributed by atoms with van der Waals surface area (Å²) < 4.78 is 32.1. The van der Waals surface area contributed by atoms with Crippen LogP contribution in [-0.2, 0) is 16.6 Å². The van der Waals surface area contributed by atoms with Crippen molar-refractivity contribution in [2.24, 2.45) is 0 Å². The molecule has 7 heteroatoms. The van der Waals surface area contributed by atoms with Gasteiger partial charge in [-0.3, -0.25) is 0 Å². The molecule has 1 atom stereocenters. The van der Waals surface area contributed by atoms with Gasteiger partial charge in [0.25, 0.3) is 10.0 Å². The molecule has 114 valence electrons. The zero-order valence-electron chi connectivity index (χ0n) is 12.2. The van der Waals surface area contributed by atoms with Gasteiger partial charge in [-0.05, 0) is 46.0 Å². The third-order valence-corrected chi connectivity index (χ3v) is 4.79. The average molecular weight is 301 g/mol. The molecule has 1 heterocycles. The summed E-state index contributed by atoms with van der Waals surface area (Å²) >= 11 is 0. The Hall–Kier alpha value is -0.890. The summed E-state index contributed by atoms with van der Waals surface area (Å²) in [5.74, 6) is 0.651. The number of furan rings is 1. The Morgan fingerprint density at radius 1 is 1.40 bits per heavy atom. The fourth-order valence-corrected chi connectivity index (χ4v) is 2.68. The maximum atomic E-state index is 12.1. The molecule has 1 aliphatic rings. The molecule has 0 radical (unpaired) electrons. The van der Waals surface area contributed by atoms with Crippen molar-refractivity contribution >= 4 is 10.0 Å². The van der Waals surface area contributed by atoms with Crippen molar-refractivity contribution in [3.63, 3.8) is 0 Å². The lowest BCUT2D eigenvalue weighted by Crippen LogP contribution is -2.38. The highest BCUT2D eigenvalue weighted by molar-refractivity contribution is 7.89. The third kappa shape index (κ3) is 4.31. The van der Waals surface area contributed by atoms with Crippen LogP contribution in [0.2, 0.25) is 0 Å². The van der Waals surface area contributed by atoms with E-state index in [1.807, 2.05) is 25.9 Å². The van der Waals surface area contributed by atoms with Crippen LogP contribution < -0.4 is 10.0 Å². The molecule has 2 N–H and O–H groups in total. The minimum absolute atomic E-state index is 0.0175. The quantitative estimate of drug-likeness (QED) is 0.741. The molecular weight excluding hydrogens is 278 g/mol. The number of likely N-dealkylation sites (N-methyl/N-ethyl adjacent to an activating group) is 1. The number of rotatable bonds is 8. The fourth-order valence-electron chi connectivity index (χ4n) is 1.61. The highest BCUT2D eigenvalue weighted by atomic mass is 32.2. The van der Waals surface area contributed by atoms with Gasteiger partial charge < -0.3 is 14.6 Å². The van der Waals surface area contributed by atoms with Crippen LogP contribution in [0.4, 0.5) is 0 Å². The minimum atomic E-state index is -3.56. The standard InChI is InChI=1S/C13H23N3O3S/c1-10(16(2)3)8-15-20(17,18)13-7-6-12(19-13)9-14-11-4-5-11/h6-7,10-11,14-15H,4-5,8-9H2,1-3H3. The van der Waals surface area contributed by atoms with Crippen molar-refractivity contribution < 1.29 is 12.8 Å². The Bertz CT molecular complexity index is 535. The molecule has 0 saturated heterocycles. The van der Waals surface area contributed by atoms with E-state index in [2.05, 4.69) is 10.0 Å². The second kappa shape index (κ2) is 6.26. The van der Waals surface area contributed by atoms with Crippen molar-refractivity contribution in [3.05, 3.63) is 17.9 Å². The van der Waals surface area contributed by atoms with Gasteiger partial charge in [-0.25, -0.2) is 13.1 Å². The van der Waals surface area contributed by atoms with E-state index in [1.54, 1.807) is 6.07 Å². The van der Waals surface area contributed by atoms with E-state index in [0.717, 1.165) is 0 Å². The molecular formula is C13H23N3O3S. The normalized spacial score (nSPS) is 17.6. The molecule has 2 rings (SSSR count). The predicted molar refractivity (Wildman–Crippen MR) is 76.9 cm³/mol. The first-order chi connectivity index (χ1) is 9.38. The van der Waals surface area contributed by atoms with E-state index in [0.29, 0.717) is 24.9 Å². The van der Waals surface area contributed by atoms with Gasteiger partial charge in [0.15, 0.2) is 0 Å². The van der Waals surface area contributed by atoms with Gasteiger partial charge in [0.05, 0.1) is 6.54 Å². The lowest BCUT2D eigenvalue weighted by molar-refractivity contribution is 0.312. The van der Waals surface area contributed by atoms with Gasteiger partial charge in [0, 0.05) is 18.6 Å². The Morgan fingerprint density at radius 3 is 2.70 bits per heavy atom. The summed E-state index contributed by atoms with van der Waals surface area (Å²) in [6, 6.07) is 3.90. The second-order valence-electron chi connectivity index (χ2n) is 5.54. The molecule has 0 aromatic carbocycles. The summed E-state index contributed by atoms with van der Waals surface area (Å²) in [7, 11) is 0.258. The van der Waals surface area contributed by atoms with Crippen molar-refractivity contribution in [2.75, 3.05) is 20.6 Å². The molecule has 0 spiro atoms. The van der Waals surface area contributed by atoms with E-state index < -0.39 is 10.0 Å². The summed E-state index contributed by atoms with van der Waals surface area (Å²) in [5, 5.41) is 3.27. The van der Waals surface area contributed by atoms with Crippen LogP contribution in [0.5, 0.6) is 0 Å². The highest BCUT2D eigenvalue weighted by Crippen LogP contribution is 2.20. The minimum Gasteiger partial charge on any atom is -0.447 e. The van der Waals surface area contributed by atoms with Crippen LogP contribution in [-0.4, -0.2) is 46.0 Å². The second-order valence-corrected chi connectivity index (χ2v) is 7.24. The van der Waals surface area contributed by atoms with E-state index in [1.165, 1.54) is 18.9 Å². The van der Waals surface area contributed by atoms with Crippen molar-refractivity contribution in [3.8, 4) is 0 Å². The fraction of sp³-hybridized carbons (Fsp3) is 0.692. The van der Waals surface area contributed by atoms with Gasteiger partial charge in [0.2, 0.25) is 5.09 Å². The first-order valence-corrected chi connectivity index (χ1v) is 8.35. The maximum absolute atomic E-state index is 12.1. The van der Waals surface area contributed by atoms with Gasteiger partial charge in [-0.2, -0.15) is 0 Å². The Balaban J connectivity index is 1.90. The zero-order chi connectivity index (χ0) is 14.8. The Labute approximate surface area is 120 Å². The van der Waals surface area contributed by atoms with Crippen molar-refractivity contribution in [1.82, 2.24) is 14.9 Å². The van der Waals surface area contributed by atoms with Crippen molar-refractivity contribution in [2.45, 2.75) is 43.5 Å². The van der Waals surface area contributed by atoms with E-state index in [4.69, 9.17) is 4.42 Å². The van der Waals surface area contributed by atoms with Crippen LogP contribution in [0.15, 0.2) is 21.6 Å². The third-order valence-electron chi connectivity index (χ3n) is 3.49. The summed E-state index contributed by atoms with van der Waals surface area (Å²) in [6.45, 7) is 2.88. The average Bonchev–Trinajstić information content (AvgIpc) is 3.09. The zero-order valence-corrected chi connectivity index (χ0v) is 13.0. The van der Waals surface area contributed by atoms with Crippen LogP contribution in [0.1, 0.15) is 25.5 Å². The van der Waals surface area contributed by atoms with E-state index >= 15 is 0 Å². The molecule has 1 unspecified atom stereocenters. The molecule has 0 bridgehead atoms. The van der Waals surface area contributed by atoms with Crippen LogP contribution in [0.25, 0.3) is 0 Å². The number of sulfonamides is 1. The van der Waals surface area contributed by atoms with Gasteiger partial charge >= 0.3 is 0 Å².